The third kappa shape index (κ3) is 9.90. The summed E-state index contributed by atoms with van der Waals surface area (Å²) in [4.78, 5) is 11.8. The van der Waals surface area contributed by atoms with E-state index in [0.29, 0.717) is 19.0 Å². The number of nitrogens with one attached hydrogen (secondary N) is 2. The summed E-state index contributed by atoms with van der Waals surface area (Å²) in [5.74, 6) is 0.124. The van der Waals surface area contributed by atoms with Crippen LogP contribution in [0.5, 0.6) is 0 Å². The number of carbonyl (C=O) groups excluding carboxylic acids is 1. The third-order valence-corrected chi connectivity index (χ3v) is 3.63. The number of hydrogen-bond donors (Lipinski definition) is 2. The first kappa shape index (κ1) is 19.4. The zero-order chi connectivity index (χ0) is 16.9. The molecule has 1 aromatic carbocycles. The molecular weight excluding hydrogens is 284 g/mol. The van der Waals surface area contributed by atoms with E-state index in [9.17, 15) is 4.79 Å². The Morgan fingerprint density at radius 1 is 1.26 bits per heavy atom. The molecule has 1 aromatic rings. The van der Waals surface area contributed by atoms with E-state index in [-0.39, 0.29) is 5.91 Å². The Balaban J connectivity index is 2.31. The molecule has 0 unspecified atom stereocenters. The number of carbonyl (C=O) groups is 1. The minimum absolute atomic E-state index is 0.124. The molecule has 1 amide bonds. The van der Waals surface area contributed by atoms with Gasteiger partial charge in [0.25, 0.3) is 0 Å². The summed E-state index contributed by atoms with van der Waals surface area (Å²) in [5, 5.41) is 6.24. The molecule has 0 aromatic heterocycles. The largest absolute Gasteiger partial charge is 0.355 e. The lowest BCUT2D eigenvalue weighted by atomic mass is 10.1. The fourth-order valence-corrected chi connectivity index (χ4v) is 2.30. The summed E-state index contributed by atoms with van der Waals surface area (Å²) in [6.45, 7) is 7.92. The molecule has 0 spiro atoms. The Kier molecular flexibility index (Phi) is 10.0. The van der Waals surface area contributed by atoms with Crippen LogP contribution in [0.1, 0.15) is 57.6 Å². The fourth-order valence-electron chi connectivity index (χ4n) is 2.30. The second kappa shape index (κ2) is 11.9. The standard InChI is InChI=1S/C20H32N2O/c1-4-5-6-7-9-18-10-8-11-19(16-18)12-13-20(23)22-15-14-21-17(2)3/h7-11,16-17,21H,4-6,12-15H2,1-3H3,(H,22,23). The SMILES string of the molecule is CCCCC=Cc1cccc(CCC(=O)NCCNC(C)C)c1. The van der Waals surface area contributed by atoms with Gasteiger partial charge in [-0.25, -0.2) is 0 Å². The molecule has 0 radical (unpaired) electrons. The molecule has 1 rings (SSSR count). The van der Waals surface area contributed by atoms with E-state index >= 15 is 0 Å². The van der Waals surface area contributed by atoms with Gasteiger partial charge in [-0.3, -0.25) is 4.79 Å². The van der Waals surface area contributed by atoms with E-state index in [0.717, 1.165) is 19.4 Å². The Morgan fingerprint density at radius 3 is 2.83 bits per heavy atom. The molecule has 0 heterocycles. The quantitative estimate of drug-likeness (QED) is 0.607. The maximum atomic E-state index is 11.8. The van der Waals surface area contributed by atoms with Crippen molar-refractivity contribution in [1.82, 2.24) is 10.6 Å². The van der Waals surface area contributed by atoms with Gasteiger partial charge < -0.3 is 10.6 Å². The van der Waals surface area contributed by atoms with Gasteiger partial charge in [0.1, 0.15) is 0 Å². The first-order valence-electron chi connectivity index (χ1n) is 8.87. The molecular formula is C20H32N2O. The molecule has 128 valence electrons. The molecule has 3 nitrogen and oxygen atoms in total. The third-order valence-electron chi connectivity index (χ3n) is 3.63. The Morgan fingerprint density at radius 2 is 2.09 bits per heavy atom. The molecule has 0 aliphatic rings. The zero-order valence-electron chi connectivity index (χ0n) is 14.9. The molecule has 0 saturated carbocycles. The van der Waals surface area contributed by atoms with Crippen molar-refractivity contribution < 1.29 is 4.79 Å². The van der Waals surface area contributed by atoms with Crippen molar-refractivity contribution in [3.8, 4) is 0 Å². The monoisotopic (exact) mass is 316 g/mol. The summed E-state index contributed by atoms with van der Waals surface area (Å²) < 4.78 is 0. The van der Waals surface area contributed by atoms with Crippen molar-refractivity contribution in [2.24, 2.45) is 0 Å². The Labute approximate surface area is 141 Å². The molecule has 2 N–H and O–H groups in total. The van der Waals surface area contributed by atoms with Crippen molar-refractivity contribution in [3.05, 3.63) is 41.5 Å². The number of allylic oxidation sites excluding steroid dienone is 1. The van der Waals surface area contributed by atoms with Crippen LogP contribution in [-0.4, -0.2) is 25.0 Å². The van der Waals surface area contributed by atoms with Crippen LogP contribution in [0.3, 0.4) is 0 Å². The van der Waals surface area contributed by atoms with Gasteiger partial charge in [-0.2, -0.15) is 0 Å². The highest BCUT2D eigenvalue weighted by molar-refractivity contribution is 5.76. The molecule has 0 atom stereocenters. The van der Waals surface area contributed by atoms with Crippen LogP contribution in [0.2, 0.25) is 0 Å². The van der Waals surface area contributed by atoms with Crippen LogP contribution in [0.25, 0.3) is 6.08 Å². The second-order valence-corrected chi connectivity index (χ2v) is 6.25. The minimum Gasteiger partial charge on any atom is -0.355 e. The van der Waals surface area contributed by atoms with Gasteiger partial charge >= 0.3 is 0 Å². The number of hydrogen-bond acceptors (Lipinski definition) is 2. The lowest BCUT2D eigenvalue weighted by Gasteiger charge is -2.09. The van der Waals surface area contributed by atoms with Crippen LogP contribution in [0.15, 0.2) is 30.3 Å². The number of benzene rings is 1. The van der Waals surface area contributed by atoms with E-state index < -0.39 is 0 Å². The predicted octanol–water partition coefficient (Wildman–Crippen LogP) is 3.94. The maximum Gasteiger partial charge on any atom is 0.220 e. The predicted molar refractivity (Wildman–Crippen MR) is 99.5 cm³/mol. The average Bonchev–Trinajstić information content (AvgIpc) is 2.54. The van der Waals surface area contributed by atoms with Crippen molar-refractivity contribution in [1.29, 1.82) is 0 Å². The van der Waals surface area contributed by atoms with E-state index in [1.54, 1.807) is 0 Å². The van der Waals surface area contributed by atoms with E-state index in [1.807, 2.05) is 0 Å². The molecule has 0 saturated heterocycles. The molecule has 3 heteroatoms. The lowest BCUT2D eigenvalue weighted by Crippen LogP contribution is -2.34. The summed E-state index contributed by atoms with van der Waals surface area (Å²) in [6, 6.07) is 8.91. The summed E-state index contributed by atoms with van der Waals surface area (Å²) in [5.41, 5.74) is 2.44. The van der Waals surface area contributed by atoms with Crippen LogP contribution < -0.4 is 10.6 Å². The van der Waals surface area contributed by atoms with Crippen LogP contribution >= 0.6 is 0 Å². The van der Waals surface area contributed by atoms with Gasteiger partial charge in [0.2, 0.25) is 5.91 Å². The minimum atomic E-state index is 0.124. The first-order valence-corrected chi connectivity index (χ1v) is 8.87. The van der Waals surface area contributed by atoms with Gasteiger partial charge in [0, 0.05) is 25.6 Å². The highest BCUT2D eigenvalue weighted by Gasteiger charge is 2.02. The van der Waals surface area contributed by atoms with E-state index in [4.69, 9.17) is 0 Å². The van der Waals surface area contributed by atoms with Gasteiger partial charge in [0.05, 0.1) is 0 Å². The van der Waals surface area contributed by atoms with Gasteiger partial charge in [-0.15, -0.1) is 0 Å². The first-order chi connectivity index (χ1) is 11.1. The molecule has 23 heavy (non-hydrogen) atoms. The topological polar surface area (TPSA) is 41.1 Å². The number of amides is 1. The summed E-state index contributed by atoms with van der Waals surface area (Å²) in [6.07, 6.45) is 9.35. The zero-order valence-corrected chi connectivity index (χ0v) is 14.9. The van der Waals surface area contributed by atoms with E-state index in [2.05, 4.69) is 67.8 Å². The Bertz CT molecular complexity index is 480. The highest BCUT2D eigenvalue weighted by atomic mass is 16.1. The van der Waals surface area contributed by atoms with Gasteiger partial charge in [-0.05, 0) is 24.0 Å². The summed E-state index contributed by atoms with van der Waals surface area (Å²) >= 11 is 0. The van der Waals surface area contributed by atoms with Crippen LogP contribution in [-0.2, 0) is 11.2 Å². The van der Waals surface area contributed by atoms with Crippen LogP contribution in [0.4, 0.5) is 0 Å². The normalized spacial score (nSPS) is 11.3. The number of unbranched alkanes of at least 4 members (excludes halogenated alkanes) is 2. The Hall–Kier alpha value is -1.61. The molecule has 0 aliphatic heterocycles. The molecule has 0 aliphatic carbocycles. The smallest absolute Gasteiger partial charge is 0.220 e. The number of rotatable bonds is 11. The van der Waals surface area contributed by atoms with Crippen molar-refractivity contribution in [2.75, 3.05) is 13.1 Å². The lowest BCUT2D eigenvalue weighted by molar-refractivity contribution is -0.121. The summed E-state index contributed by atoms with van der Waals surface area (Å²) in [7, 11) is 0. The maximum absolute atomic E-state index is 11.8. The van der Waals surface area contributed by atoms with Gasteiger partial charge in [0.15, 0.2) is 0 Å². The van der Waals surface area contributed by atoms with Crippen LogP contribution in [0, 0.1) is 0 Å². The van der Waals surface area contributed by atoms with Gasteiger partial charge in [-0.1, -0.05) is 70.0 Å². The van der Waals surface area contributed by atoms with E-state index in [1.165, 1.54) is 24.0 Å². The number of aryl methyl sites for hydroxylation is 1. The highest BCUT2D eigenvalue weighted by Crippen LogP contribution is 2.10. The molecule has 0 fully saturated rings. The molecule has 0 bridgehead atoms. The van der Waals surface area contributed by atoms with Crippen molar-refractivity contribution >= 4 is 12.0 Å². The van der Waals surface area contributed by atoms with Crippen molar-refractivity contribution in [2.45, 2.75) is 58.9 Å². The fraction of sp³-hybridized carbons (Fsp3) is 0.550. The van der Waals surface area contributed by atoms with Crippen molar-refractivity contribution in [3.63, 3.8) is 0 Å². The average molecular weight is 316 g/mol. The second-order valence-electron chi connectivity index (χ2n) is 6.25.